The van der Waals surface area contributed by atoms with E-state index < -0.39 is 0 Å². The summed E-state index contributed by atoms with van der Waals surface area (Å²) in [5, 5.41) is 5.43. The standard InChI is InChI=1S/C12H18BrNO2S/c1-12(2)8-14-5-9(16-12)6-15-7-11-10(13)3-4-17-11/h3-4,9,14H,5-8H2,1-2H3. The maximum Gasteiger partial charge on any atom is 0.0940 e. The van der Waals surface area contributed by atoms with E-state index in [0.717, 1.165) is 17.6 Å². The lowest BCUT2D eigenvalue weighted by atomic mass is 10.1. The monoisotopic (exact) mass is 319 g/mol. The summed E-state index contributed by atoms with van der Waals surface area (Å²) in [6, 6.07) is 2.05. The fourth-order valence-corrected chi connectivity index (χ4v) is 3.28. The maximum atomic E-state index is 5.93. The molecular formula is C12H18BrNO2S. The highest BCUT2D eigenvalue weighted by Crippen LogP contribution is 2.23. The van der Waals surface area contributed by atoms with Gasteiger partial charge in [-0.15, -0.1) is 11.3 Å². The Hall–Kier alpha value is 0.0600. The third-order valence-corrected chi connectivity index (χ3v) is 4.54. The second kappa shape index (κ2) is 5.80. The van der Waals surface area contributed by atoms with Crippen molar-refractivity contribution in [3.8, 4) is 0 Å². The Morgan fingerprint density at radius 2 is 2.47 bits per heavy atom. The molecule has 0 amide bonds. The number of morpholine rings is 1. The predicted molar refractivity (Wildman–Crippen MR) is 73.5 cm³/mol. The first-order chi connectivity index (χ1) is 8.07. The second-order valence-electron chi connectivity index (χ2n) is 4.84. The first-order valence-corrected chi connectivity index (χ1v) is 7.42. The molecular weight excluding hydrogens is 302 g/mol. The zero-order chi connectivity index (χ0) is 12.3. The van der Waals surface area contributed by atoms with Crippen LogP contribution in [0.3, 0.4) is 0 Å². The van der Waals surface area contributed by atoms with Crippen molar-refractivity contribution in [2.75, 3.05) is 19.7 Å². The Bertz CT molecular complexity index is 367. The van der Waals surface area contributed by atoms with Gasteiger partial charge in [0, 0.05) is 22.4 Å². The number of halogens is 1. The van der Waals surface area contributed by atoms with Crippen molar-refractivity contribution in [3.63, 3.8) is 0 Å². The van der Waals surface area contributed by atoms with Crippen molar-refractivity contribution >= 4 is 27.3 Å². The molecule has 1 unspecified atom stereocenters. The Kier molecular flexibility index (Phi) is 4.60. The van der Waals surface area contributed by atoms with Crippen LogP contribution in [0.1, 0.15) is 18.7 Å². The molecule has 1 aromatic heterocycles. The van der Waals surface area contributed by atoms with E-state index in [4.69, 9.17) is 9.47 Å². The molecule has 1 atom stereocenters. The predicted octanol–water partition coefficient (Wildman–Crippen LogP) is 2.79. The quantitative estimate of drug-likeness (QED) is 0.925. The zero-order valence-corrected chi connectivity index (χ0v) is 12.6. The lowest BCUT2D eigenvalue weighted by Crippen LogP contribution is -2.51. The van der Waals surface area contributed by atoms with Crippen molar-refractivity contribution in [1.82, 2.24) is 5.32 Å². The van der Waals surface area contributed by atoms with E-state index in [-0.39, 0.29) is 11.7 Å². The van der Waals surface area contributed by atoms with Gasteiger partial charge in [0.05, 0.1) is 24.9 Å². The van der Waals surface area contributed by atoms with Crippen molar-refractivity contribution in [3.05, 3.63) is 20.8 Å². The van der Waals surface area contributed by atoms with Gasteiger partial charge in [0.25, 0.3) is 0 Å². The molecule has 1 aliphatic rings. The largest absolute Gasteiger partial charge is 0.373 e. The summed E-state index contributed by atoms with van der Waals surface area (Å²) in [6.45, 7) is 7.26. The molecule has 0 aromatic carbocycles. The van der Waals surface area contributed by atoms with Crippen LogP contribution in [-0.4, -0.2) is 31.4 Å². The Morgan fingerprint density at radius 3 is 3.12 bits per heavy atom. The molecule has 3 nitrogen and oxygen atoms in total. The molecule has 1 aromatic rings. The Balaban J connectivity index is 1.74. The third-order valence-electron chi connectivity index (χ3n) is 2.64. The van der Waals surface area contributed by atoms with Gasteiger partial charge in [0.15, 0.2) is 0 Å². The van der Waals surface area contributed by atoms with Gasteiger partial charge in [0.1, 0.15) is 0 Å². The number of nitrogens with one attached hydrogen (secondary N) is 1. The van der Waals surface area contributed by atoms with E-state index in [2.05, 4.69) is 40.5 Å². The first-order valence-electron chi connectivity index (χ1n) is 5.75. The Morgan fingerprint density at radius 1 is 1.65 bits per heavy atom. The minimum absolute atomic E-state index is 0.0875. The topological polar surface area (TPSA) is 30.5 Å². The van der Waals surface area contributed by atoms with Gasteiger partial charge in [-0.05, 0) is 41.2 Å². The maximum absolute atomic E-state index is 5.93. The van der Waals surface area contributed by atoms with Gasteiger partial charge in [0.2, 0.25) is 0 Å². The number of thiophene rings is 1. The van der Waals surface area contributed by atoms with Gasteiger partial charge in [-0.25, -0.2) is 0 Å². The van der Waals surface area contributed by atoms with Crippen LogP contribution < -0.4 is 5.32 Å². The van der Waals surface area contributed by atoms with Crippen LogP contribution in [0.4, 0.5) is 0 Å². The van der Waals surface area contributed by atoms with E-state index in [1.165, 1.54) is 4.88 Å². The van der Waals surface area contributed by atoms with E-state index in [1.807, 2.05) is 6.07 Å². The molecule has 0 saturated carbocycles. The van der Waals surface area contributed by atoms with Crippen LogP contribution in [0, 0.1) is 0 Å². The molecule has 1 fully saturated rings. The van der Waals surface area contributed by atoms with E-state index in [9.17, 15) is 0 Å². The molecule has 1 N–H and O–H groups in total. The molecule has 0 bridgehead atoms. The normalized spacial score (nSPS) is 23.8. The molecule has 96 valence electrons. The lowest BCUT2D eigenvalue weighted by molar-refractivity contribution is -0.121. The summed E-state index contributed by atoms with van der Waals surface area (Å²) in [6.07, 6.45) is 0.150. The van der Waals surface area contributed by atoms with Crippen molar-refractivity contribution < 1.29 is 9.47 Å². The zero-order valence-electron chi connectivity index (χ0n) is 10.2. The smallest absolute Gasteiger partial charge is 0.0940 e. The van der Waals surface area contributed by atoms with Gasteiger partial charge in [-0.2, -0.15) is 0 Å². The molecule has 2 heterocycles. The summed E-state index contributed by atoms with van der Waals surface area (Å²) in [5.41, 5.74) is -0.0875. The number of ether oxygens (including phenoxy) is 2. The highest BCUT2D eigenvalue weighted by atomic mass is 79.9. The number of rotatable bonds is 4. The van der Waals surface area contributed by atoms with Crippen LogP contribution in [0.5, 0.6) is 0 Å². The molecule has 0 radical (unpaired) electrons. The molecule has 2 rings (SSSR count). The molecule has 17 heavy (non-hydrogen) atoms. The molecule has 1 aliphatic heterocycles. The minimum Gasteiger partial charge on any atom is -0.373 e. The highest BCUT2D eigenvalue weighted by Gasteiger charge is 2.28. The third kappa shape index (κ3) is 4.03. The van der Waals surface area contributed by atoms with E-state index in [0.29, 0.717) is 13.2 Å². The number of hydrogen-bond donors (Lipinski definition) is 1. The van der Waals surface area contributed by atoms with Crippen molar-refractivity contribution in [1.29, 1.82) is 0 Å². The van der Waals surface area contributed by atoms with Gasteiger partial charge >= 0.3 is 0 Å². The molecule has 0 aliphatic carbocycles. The number of hydrogen-bond acceptors (Lipinski definition) is 4. The fraction of sp³-hybridized carbons (Fsp3) is 0.667. The van der Waals surface area contributed by atoms with Crippen LogP contribution in [0.2, 0.25) is 0 Å². The van der Waals surface area contributed by atoms with Crippen LogP contribution in [0.25, 0.3) is 0 Å². The van der Waals surface area contributed by atoms with Gasteiger partial charge in [-0.3, -0.25) is 0 Å². The SMILES string of the molecule is CC1(C)CNCC(COCc2sccc2Br)O1. The summed E-state index contributed by atoms with van der Waals surface area (Å²) in [4.78, 5) is 1.23. The van der Waals surface area contributed by atoms with Crippen LogP contribution in [-0.2, 0) is 16.1 Å². The Labute approximate surface area is 115 Å². The summed E-state index contributed by atoms with van der Waals surface area (Å²) < 4.78 is 12.8. The summed E-state index contributed by atoms with van der Waals surface area (Å²) in [5.74, 6) is 0. The fourth-order valence-electron chi connectivity index (χ4n) is 1.87. The molecule has 5 heteroatoms. The average Bonchev–Trinajstić information content (AvgIpc) is 2.63. The van der Waals surface area contributed by atoms with Crippen LogP contribution >= 0.6 is 27.3 Å². The average molecular weight is 320 g/mol. The molecule has 0 spiro atoms. The van der Waals surface area contributed by atoms with Gasteiger partial charge < -0.3 is 14.8 Å². The summed E-state index contributed by atoms with van der Waals surface area (Å²) >= 11 is 5.21. The highest BCUT2D eigenvalue weighted by molar-refractivity contribution is 9.10. The molecule has 1 saturated heterocycles. The minimum atomic E-state index is -0.0875. The van der Waals surface area contributed by atoms with Crippen molar-refractivity contribution in [2.45, 2.75) is 32.2 Å². The van der Waals surface area contributed by atoms with Crippen LogP contribution in [0.15, 0.2) is 15.9 Å². The van der Waals surface area contributed by atoms with E-state index >= 15 is 0 Å². The second-order valence-corrected chi connectivity index (χ2v) is 6.69. The lowest BCUT2D eigenvalue weighted by Gasteiger charge is -2.36. The van der Waals surface area contributed by atoms with E-state index in [1.54, 1.807) is 11.3 Å². The van der Waals surface area contributed by atoms with Gasteiger partial charge in [-0.1, -0.05) is 0 Å². The van der Waals surface area contributed by atoms with Crippen molar-refractivity contribution in [2.24, 2.45) is 0 Å². The summed E-state index contributed by atoms with van der Waals surface area (Å²) in [7, 11) is 0. The first kappa shape index (κ1) is 13.5.